The maximum Gasteiger partial charge on any atom is 0.341 e. The van der Waals surface area contributed by atoms with Crippen LogP contribution in [0, 0.1) is 19.8 Å². The normalized spacial score (nSPS) is 21.2. The van der Waals surface area contributed by atoms with E-state index < -0.39 is 16.0 Å². The first kappa shape index (κ1) is 21.8. The van der Waals surface area contributed by atoms with Crippen molar-refractivity contribution < 1.29 is 22.7 Å². The Hall–Kier alpha value is -1.87. The van der Waals surface area contributed by atoms with Gasteiger partial charge in [0.05, 0.1) is 12.5 Å². The Balaban J connectivity index is 1.86. The van der Waals surface area contributed by atoms with Crippen LogP contribution in [0.3, 0.4) is 0 Å². The molecule has 0 aromatic carbocycles. The van der Waals surface area contributed by atoms with Gasteiger partial charge in [0, 0.05) is 37.6 Å². The molecule has 2 aliphatic heterocycles. The van der Waals surface area contributed by atoms with Crippen LogP contribution >= 0.6 is 0 Å². The second-order valence-electron chi connectivity index (χ2n) is 7.89. The van der Waals surface area contributed by atoms with Gasteiger partial charge in [-0.1, -0.05) is 0 Å². The number of ether oxygens (including phenoxy) is 1. The molecule has 8 nitrogen and oxygen atoms in total. The minimum atomic E-state index is -3.93. The number of aromatic nitrogens is 1. The van der Waals surface area contributed by atoms with E-state index in [1.54, 1.807) is 20.8 Å². The number of hydrogen-bond acceptors (Lipinski definition) is 5. The van der Waals surface area contributed by atoms with Gasteiger partial charge in [0.15, 0.2) is 0 Å². The average molecular weight is 426 g/mol. The summed E-state index contributed by atoms with van der Waals surface area (Å²) in [6.07, 6.45) is 4.46. The van der Waals surface area contributed by atoms with E-state index >= 15 is 0 Å². The lowest BCUT2D eigenvalue weighted by Crippen LogP contribution is -2.48. The van der Waals surface area contributed by atoms with E-state index in [1.807, 2.05) is 4.90 Å². The highest BCUT2D eigenvalue weighted by Gasteiger charge is 2.39. The largest absolute Gasteiger partial charge is 0.462 e. The summed E-state index contributed by atoms with van der Waals surface area (Å²) in [5.41, 5.74) is 0.946. The van der Waals surface area contributed by atoms with Crippen LogP contribution in [-0.2, 0) is 19.6 Å². The Morgan fingerprint density at radius 2 is 1.76 bits per heavy atom. The second-order valence-corrected chi connectivity index (χ2v) is 9.76. The highest BCUT2D eigenvalue weighted by molar-refractivity contribution is 7.89. The highest BCUT2D eigenvalue weighted by atomic mass is 32.2. The van der Waals surface area contributed by atoms with E-state index in [1.165, 1.54) is 4.31 Å². The standard InChI is InChI=1S/C20H31N3O5S/c1-4-28-20(25)17-14(2)21-15(3)18(17)29(26,27)23-12-8-9-16(13-23)19(24)22-10-6-5-7-11-22/h16,21H,4-13H2,1-3H3/t16-/m1/s1. The molecular weight excluding hydrogens is 394 g/mol. The number of rotatable bonds is 5. The Bertz CT molecular complexity index is 871. The predicted molar refractivity (Wildman–Crippen MR) is 108 cm³/mol. The van der Waals surface area contributed by atoms with Gasteiger partial charge < -0.3 is 14.6 Å². The van der Waals surface area contributed by atoms with Crippen LogP contribution in [0.5, 0.6) is 0 Å². The monoisotopic (exact) mass is 425 g/mol. The molecule has 0 saturated carbocycles. The molecule has 9 heteroatoms. The fraction of sp³-hybridized carbons (Fsp3) is 0.700. The summed E-state index contributed by atoms with van der Waals surface area (Å²) < 4.78 is 33.4. The molecule has 1 atom stereocenters. The molecule has 2 aliphatic rings. The van der Waals surface area contributed by atoms with E-state index in [-0.39, 0.29) is 35.4 Å². The molecule has 162 valence electrons. The third-order valence-corrected chi connectivity index (χ3v) is 7.83. The maximum absolute atomic E-state index is 13.5. The summed E-state index contributed by atoms with van der Waals surface area (Å²) in [5.74, 6) is -0.925. The van der Waals surface area contributed by atoms with Crippen LogP contribution in [0.25, 0.3) is 0 Å². The average Bonchev–Trinajstić information content (AvgIpc) is 3.03. The molecule has 0 aliphatic carbocycles. The van der Waals surface area contributed by atoms with Crippen molar-refractivity contribution in [2.24, 2.45) is 5.92 Å². The van der Waals surface area contributed by atoms with E-state index in [0.717, 1.165) is 32.4 Å². The van der Waals surface area contributed by atoms with E-state index in [2.05, 4.69) is 4.98 Å². The summed E-state index contributed by atoms with van der Waals surface area (Å²) >= 11 is 0. The molecule has 1 N–H and O–H groups in total. The summed E-state index contributed by atoms with van der Waals surface area (Å²) in [6, 6.07) is 0. The Morgan fingerprint density at radius 1 is 1.07 bits per heavy atom. The number of H-pyrrole nitrogens is 1. The molecule has 29 heavy (non-hydrogen) atoms. The smallest absolute Gasteiger partial charge is 0.341 e. The lowest BCUT2D eigenvalue weighted by Gasteiger charge is -2.35. The zero-order valence-electron chi connectivity index (χ0n) is 17.5. The SMILES string of the molecule is CCOC(=O)c1c(C)[nH]c(C)c1S(=O)(=O)N1CCC[C@@H](C(=O)N2CCCCC2)C1. The molecule has 0 bridgehead atoms. The number of sulfonamides is 1. The molecule has 2 fully saturated rings. The topological polar surface area (TPSA) is 99.8 Å². The van der Waals surface area contributed by atoms with E-state index in [9.17, 15) is 18.0 Å². The number of amides is 1. The van der Waals surface area contributed by atoms with Crippen molar-refractivity contribution in [2.45, 2.75) is 57.8 Å². The molecule has 0 spiro atoms. The van der Waals surface area contributed by atoms with Crippen LogP contribution < -0.4 is 0 Å². The van der Waals surface area contributed by atoms with Crippen LogP contribution in [0.15, 0.2) is 4.90 Å². The van der Waals surface area contributed by atoms with Gasteiger partial charge >= 0.3 is 5.97 Å². The van der Waals surface area contributed by atoms with Crippen molar-refractivity contribution in [3.8, 4) is 0 Å². The quantitative estimate of drug-likeness (QED) is 0.729. The number of hydrogen-bond donors (Lipinski definition) is 1. The zero-order chi connectivity index (χ0) is 21.2. The summed E-state index contributed by atoms with van der Waals surface area (Å²) in [7, 11) is -3.93. The third-order valence-electron chi connectivity index (χ3n) is 5.80. The number of piperidine rings is 2. The van der Waals surface area contributed by atoms with Gasteiger partial charge in [-0.3, -0.25) is 4.79 Å². The molecular formula is C20H31N3O5S. The van der Waals surface area contributed by atoms with E-state index in [0.29, 0.717) is 30.8 Å². The van der Waals surface area contributed by atoms with Gasteiger partial charge in [-0.15, -0.1) is 0 Å². The predicted octanol–water partition coefficient (Wildman–Crippen LogP) is 2.22. The van der Waals surface area contributed by atoms with Gasteiger partial charge in [-0.2, -0.15) is 4.31 Å². The Morgan fingerprint density at radius 3 is 2.41 bits per heavy atom. The van der Waals surface area contributed by atoms with Crippen molar-refractivity contribution in [3.05, 3.63) is 17.0 Å². The first-order valence-electron chi connectivity index (χ1n) is 10.4. The minimum absolute atomic E-state index is 0.0282. The van der Waals surface area contributed by atoms with Crippen LogP contribution in [0.1, 0.15) is 60.8 Å². The fourth-order valence-electron chi connectivity index (χ4n) is 4.39. The van der Waals surface area contributed by atoms with Crippen molar-refractivity contribution in [3.63, 3.8) is 0 Å². The van der Waals surface area contributed by atoms with Crippen LogP contribution in [-0.4, -0.2) is 67.3 Å². The first-order chi connectivity index (χ1) is 13.8. The number of nitrogens with one attached hydrogen (secondary N) is 1. The number of carbonyl (C=O) groups is 2. The molecule has 1 aromatic heterocycles. The summed E-state index contributed by atoms with van der Waals surface area (Å²) in [5, 5.41) is 0. The van der Waals surface area contributed by atoms with Crippen molar-refractivity contribution in [1.82, 2.24) is 14.2 Å². The maximum atomic E-state index is 13.5. The van der Waals surface area contributed by atoms with Gasteiger partial charge in [-0.25, -0.2) is 13.2 Å². The van der Waals surface area contributed by atoms with E-state index in [4.69, 9.17) is 4.74 Å². The lowest BCUT2D eigenvalue weighted by molar-refractivity contribution is -0.137. The lowest BCUT2D eigenvalue weighted by atomic mass is 9.97. The molecule has 1 amide bonds. The third kappa shape index (κ3) is 4.35. The van der Waals surface area contributed by atoms with Gasteiger partial charge in [0.1, 0.15) is 10.5 Å². The molecule has 0 unspecified atom stereocenters. The first-order valence-corrected chi connectivity index (χ1v) is 11.9. The Kier molecular flexibility index (Phi) is 6.68. The zero-order valence-corrected chi connectivity index (χ0v) is 18.3. The highest BCUT2D eigenvalue weighted by Crippen LogP contribution is 2.31. The molecule has 3 rings (SSSR count). The van der Waals surface area contributed by atoms with Crippen molar-refractivity contribution in [2.75, 3.05) is 32.8 Å². The number of likely N-dealkylation sites (tertiary alicyclic amines) is 1. The number of aryl methyl sites for hydroxylation is 2. The van der Waals surface area contributed by atoms with Gasteiger partial charge in [0.2, 0.25) is 15.9 Å². The number of aromatic amines is 1. The van der Waals surface area contributed by atoms with Crippen molar-refractivity contribution >= 4 is 21.9 Å². The number of esters is 1. The molecule has 2 saturated heterocycles. The fourth-order valence-corrected chi connectivity index (χ4v) is 6.33. The second kappa shape index (κ2) is 8.87. The number of nitrogens with zero attached hydrogens (tertiary/aromatic N) is 2. The summed E-state index contributed by atoms with van der Waals surface area (Å²) in [4.78, 5) is 30.2. The summed E-state index contributed by atoms with van der Waals surface area (Å²) in [6.45, 7) is 7.17. The molecule has 0 radical (unpaired) electrons. The van der Waals surface area contributed by atoms with Gasteiger partial charge in [-0.05, 0) is 52.9 Å². The Labute approximate surface area is 172 Å². The van der Waals surface area contributed by atoms with Crippen molar-refractivity contribution in [1.29, 1.82) is 0 Å². The van der Waals surface area contributed by atoms with Crippen LogP contribution in [0.2, 0.25) is 0 Å². The number of carbonyl (C=O) groups excluding carboxylic acids is 2. The molecule has 3 heterocycles. The minimum Gasteiger partial charge on any atom is -0.462 e. The van der Waals surface area contributed by atoms with Gasteiger partial charge in [0.25, 0.3) is 0 Å². The molecule has 1 aromatic rings. The van der Waals surface area contributed by atoms with Crippen LogP contribution in [0.4, 0.5) is 0 Å².